The van der Waals surface area contributed by atoms with Gasteiger partial charge in [-0.05, 0) is 6.92 Å². The molecule has 4 amide bonds. The van der Waals surface area contributed by atoms with Crippen LogP contribution in [-0.2, 0) is 9.59 Å². The van der Waals surface area contributed by atoms with E-state index in [4.69, 9.17) is 5.26 Å². The second kappa shape index (κ2) is 3.23. The molecule has 13 heavy (non-hydrogen) atoms. The molecule has 0 radical (unpaired) electrons. The SMILES string of the molecule is CCN1C(=O)C(=O)N(CC#N)C1=O. The number of nitrogens with zero attached hydrogens (tertiary/aromatic N) is 3. The molecule has 0 aromatic carbocycles. The number of hydrogen-bond acceptors (Lipinski definition) is 4. The van der Waals surface area contributed by atoms with Crippen molar-refractivity contribution in [3.63, 3.8) is 0 Å². The summed E-state index contributed by atoms with van der Waals surface area (Å²) in [6, 6.07) is 0.932. The molecule has 0 aromatic heterocycles. The maximum absolute atomic E-state index is 11.2. The zero-order valence-corrected chi connectivity index (χ0v) is 6.98. The van der Waals surface area contributed by atoms with Crippen molar-refractivity contribution in [3.8, 4) is 6.07 Å². The van der Waals surface area contributed by atoms with Crippen LogP contribution >= 0.6 is 0 Å². The predicted molar refractivity (Wildman–Crippen MR) is 40.1 cm³/mol. The minimum atomic E-state index is -0.923. The zero-order chi connectivity index (χ0) is 10.0. The molecule has 0 atom stereocenters. The van der Waals surface area contributed by atoms with Gasteiger partial charge in [-0.25, -0.2) is 9.69 Å². The van der Waals surface area contributed by atoms with Gasteiger partial charge in [0.1, 0.15) is 6.54 Å². The van der Waals surface area contributed by atoms with Crippen LogP contribution in [0.2, 0.25) is 0 Å². The largest absolute Gasteiger partial charge is 0.335 e. The molecule has 0 N–H and O–H groups in total. The van der Waals surface area contributed by atoms with E-state index >= 15 is 0 Å². The summed E-state index contributed by atoms with van der Waals surface area (Å²) >= 11 is 0. The molecule has 1 aliphatic rings. The van der Waals surface area contributed by atoms with Crippen molar-refractivity contribution in [2.45, 2.75) is 6.92 Å². The molecule has 6 nitrogen and oxygen atoms in total. The molecule has 0 bridgehead atoms. The lowest BCUT2D eigenvalue weighted by atomic mass is 10.5. The van der Waals surface area contributed by atoms with E-state index in [0.717, 1.165) is 4.90 Å². The molecule has 0 aromatic rings. The lowest BCUT2D eigenvalue weighted by Crippen LogP contribution is -2.33. The molecule has 1 saturated heterocycles. The third-order valence-corrected chi connectivity index (χ3v) is 1.68. The normalized spacial score (nSPS) is 16.8. The first-order valence-corrected chi connectivity index (χ1v) is 3.67. The second-order valence-corrected chi connectivity index (χ2v) is 2.38. The Balaban J connectivity index is 2.93. The van der Waals surface area contributed by atoms with Crippen LogP contribution in [0.3, 0.4) is 0 Å². The van der Waals surface area contributed by atoms with Crippen LogP contribution in [0.15, 0.2) is 0 Å². The average molecular weight is 181 g/mol. The molecular weight excluding hydrogens is 174 g/mol. The standard InChI is InChI=1S/C7H7N3O3/c1-2-9-5(11)6(12)10(4-3-8)7(9)13/h2,4H2,1H3. The zero-order valence-electron chi connectivity index (χ0n) is 6.98. The van der Waals surface area contributed by atoms with Gasteiger partial charge in [0.2, 0.25) is 0 Å². The van der Waals surface area contributed by atoms with Gasteiger partial charge in [-0.1, -0.05) is 0 Å². The Morgan fingerprint density at radius 1 is 1.23 bits per heavy atom. The summed E-state index contributed by atoms with van der Waals surface area (Å²) in [6.07, 6.45) is 0. The Hall–Kier alpha value is -1.90. The Morgan fingerprint density at radius 2 is 1.77 bits per heavy atom. The number of nitriles is 1. The van der Waals surface area contributed by atoms with Crippen molar-refractivity contribution in [2.24, 2.45) is 0 Å². The number of rotatable bonds is 2. The summed E-state index contributed by atoms with van der Waals surface area (Å²) in [6.45, 7) is 1.35. The highest BCUT2D eigenvalue weighted by atomic mass is 16.2. The van der Waals surface area contributed by atoms with E-state index in [9.17, 15) is 14.4 Å². The predicted octanol–water partition coefficient (Wildman–Crippen LogP) is -0.679. The third-order valence-electron chi connectivity index (χ3n) is 1.68. The molecule has 0 spiro atoms. The minimum Gasteiger partial charge on any atom is -0.263 e. The smallest absolute Gasteiger partial charge is 0.263 e. The molecule has 0 unspecified atom stereocenters. The fourth-order valence-electron chi connectivity index (χ4n) is 1.04. The first kappa shape index (κ1) is 9.19. The molecular formula is C7H7N3O3. The molecule has 1 rings (SSSR count). The van der Waals surface area contributed by atoms with E-state index < -0.39 is 17.8 Å². The maximum Gasteiger partial charge on any atom is 0.335 e. The van der Waals surface area contributed by atoms with Crippen LogP contribution in [0.4, 0.5) is 4.79 Å². The van der Waals surface area contributed by atoms with Gasteiger partial charge in [-0.3, -0.25) is 14.5 Å². The van der Waals surface area contributed by atoms with Gasteiger partial charge in [0, 0.05) is 6.54 Å². The lowest BCUT2D eigenvalue weighted by Gasteiger charge is -2.09. The van der Waals surface area contributed by atoms with Crippen molar-refractivity contribution in [2.75, 3.05) is 13.1 Å². The number of amides is 4. The first-order chi connectivity index (χ1) is 6.13. The van der Waals surface area contributed by atoms with Gasteiger partial charge < -0.3 is 0 Å². The minimum absolute atomic E-state index is 0.144. The Bertz CT molecular complexity index is 317. The van der Waals surface area contributed by atoms with Crippen LogP contribution in [0.1, 0.15) is 6.92 Å². The summed E-state index contributed by atoms with van der Waals surface area (Å²) in [5.74, 6) is -1.78. The highest BCUT2D eigenvalue weighted by molar-refractivity contribution is 6.44. The van der Waals surface area contributed by atoms with Crippen molar-refractivity contribution in [1.82, 2.24) is 9.80 Å². The Labute approximate surface area is 74.3 Å². The maximum atomic E-state index is 11.2. The summed E-state index contributed by atoms with van der Waals surface area (Å²) in [7, 11) is 0. The van der Waals surface area contributed by atoms with E-state index in [2.05, 4.69) is 0 Å². The molecule has 1 aliphatic heterocycles. The highest BCUT2D eigenvalue weighted by Crippen LogP contribution is 2.10. The highest BCUT2D eigenvalue weighted by Gasteiger charge is 2.43. The molecule has 1 fully saturated rings. The third kappa shape index (κ3) is 1.24. The van der Waals surface area contributed by atoms with Gasteiger partial charge in [-0.15, -0.1) is 0 Å². The monoisotopic (exact) mass is 181 g/mol. The van der Waals surface area contributed by atoms with Crippen LogP contribution in [0.5, 0.6) is 0 Å². The van der Waals surface area contributed by atoms with E-state index in [1.165, 1.54) is 0 Å². The first-order valence-electron chi connectivity index (χ1n) is 3.67. The van der Waals surface area contributed by atoms with Crippen molar-refractivity contribution in [1.29, 1.82) is 5.26 Å². The number of likely N-dealkylation sites (N-methyl/N-ethyl adjacent to an activating group) is 1. The fourth-order valence-corrected chi connectivity index (χ4v) is 1.04. The van der Waals surface area contributed by atoms with Gasteiger partial charge in [0.15, 0.2) is 0 Å². The summed E-state index contributed by atoms with van der Waals surface area (Å²) in [5.41, 5.74) is 0. The number of carbonyl (C=O) groups is 3. The van der Waals surface area contributed by atoms with Crippen LogP contribution in [0.25, 0.3) is 0 Å². The van der Waals surface area contributed by atoms with E-state index in [0.29, 0.717) is 4.90 Å². The fraction of sp³-hybridized carbons (Fsp3) is 0.429. The quantitative estimate of drug-likeness (QED) is 0.321. The van der Waals surface area contributed by atoms with E-state index in [1.54, 1.807) is 13.0 Å². The number of carbonyl (C=O) groups excluding carboxylic acids is 3. The average Bonchev–Trinajstić information content (AvgIpc) is 2.31. The van der Waals surface area contributed by atoms with Crippen molar-refractivity contribution < 1.29 is 14.4 Å². The molecule has 0 saturated carbocycles. The van der Waals surface area contributed by atoms with Gasteiger partial charge in [0.25, 0.3) is 0 Å². The number of imide groups is 2. The summed E-state index contributed by atoms with van der Waals surface area (Å²) in [5, 5.41) is 8.28. The van der Waals surface area contributed by atoms with Crippen molar-refractivity contribution in [3.05, 3.63) is 0 Å². The van der Waals surface area contributed by atoms with Crippen LogP contribution < -0.4 is 0 Å². The Kier molecular flexibility index (Phi) is 2.28. The molecule has 68 valence electrons. The molecule has 0 aliphatic carbocycles. The summed E-state index contributed by atoms with van der Waals surface area (Å²) in [4.78, 5) is 34.7. The van der Waals surface area contributed by atoms with Gasteiger partial charge in [0.05, 0.1) is 6.07 Å². The lowest BCUT2D eigenvalue weighted by molar-refractivity contribution is -0.143. The van der Waals surface area contributed by atoms with E-state index in [1.807, 2.05) is 0 Å². The van der Waals surface area contributed by atoms with Crippen molar-refractivity contribution >= 4 is 17.8 Å². The second-order valence-electron chi connectivity index (χ2n) is 2.38. The topological polar surface area (TPSA) is 81.5 Å². The van der Waals surface area contributed by atoms with Gasteiger partial charge in [-0.2, -0.15) is 5.26 Å². The Morgan fingerprint density at radius 3 is 2.15 bits per heavy atom. The molecule has 6 heteroatoms. The number of urea groups is 1. The van der Waals surface area contributed by atoms with Gasteiger partial charge >= 0.3 is 17.8 Å². The van der Waals surface area contributed by atoms with Crippen LogP contribution in [0, 0.1) is 11.3 Å². The van der Waals surface area contributed by atoms with Crippen LogP contribution in [-0.4, -0.2) is 40.7 Å². The molecule has 1 heterocycles. The number of hydrogen-bond donors (Lipinski definition) is 0. The summed E-state index contributed by atoms with van der Waals surface area (Å²) < 4.78 is 0. The van der Waals surface area contributed by atoms with E-state index in [-0.39, 0.29) is 13.1 Å².